The third-order valence-corrected chi connectivity index (χ3v) is 2.99. The van der Waals surface area contributed by atoms with E-state index in [1.807, 2.05) is 20.8 Å². The van der Waals surface area contributed by atoms with Crippen LogP contribution in [0.3, 0.4) is 0 Å². The van der Waals surface area contributed by atoms with Crippen molar-refractivity contribution in [1.82, 2.24) is 10.2 Å². The molecule has 0 atom stereocenters. The van der Waals surface area contributed by atoms with E-state index in [1.54, 1.807) is 18.2 Å². The SMILES string of the molecule is Cc1n[nH]c(C)c1NC(=O)c1cccc(N)c1C. The van der Waals surface area contributed by atoms with Crippen molar-refractivity contribution >= 4 is 17.3 Å². The zero-order valence-corrected chi connectivity index (χ0v) is 10.7. The number of carbonyl (C=O) groups is 1. The van der Waals surface area contributed by atoms with E-state index >= 15 is 0 Å². The van der Waals surface area contributed by atoms with Crippen LogP contribution < -0.4 is 11.1 Å². The monoisotopic (exact) mass is 244 g/mol. The van der Waals surface area contributed by atoms with Crippen molar-refractivity contribution in [3.05, 3.63) is 40.7 Å². The average molecular weight is 244 g/mol. The van der Waals surface area contributed by atoms with Crippen LogP contribution in [-0.2, 0) is 0 Å². The molecule has 0 radical (unpaired) electrons. The molecule has 0 aliphatic carbocycles. The molecule has 1 aromatic carbocycles. The number of aromatic nitrogens is 2. The normalized spacial score (nSPS) is 10.4. The lowest BCUT2D eigenvalue weighted by Crippen LogP contribution is -2.15. The first kappa shape index (κ1) is 12.2. The molecule has 1 heterocycles. The molecule has 1 aromatic heterocycles. The van der Waals surface area contributed by atoms with Crippen LogP contribution in [0.4, 0.5) is 11.4 Å². The summed E-state index contributed by atoms with van der Waals surface area (Å²) in [5.74, 6) is -0.174. The fraction of sp³-hybridized carbons (Fsp3) is 0.231. The summed E-state index contributed by atoms with van der Waals surface area (Å²) in [6.07, 6.45) is 0. The van der Waals surface area contributed by atoms with Crippen molar-refractivity contribution in [2.45, 2.75) is 20.8 Å². The summed E-state index contributed by atoms with van der Waals surface area (Å²) in [5.41, 5.74) is 10.1. The highest BCUT2D eigenvalue weighted by Crippen LogP contribution is 2.20. The van der Waals surface area contributed by atoms with Crippen LogP contribution >= 0.6 is 0 Å². The average Bonchev–Trinajstić information content (AvgIpc) is 2.64. The predicted molar refractivity (Wildman–Crippen MR) is 71.6 cm³/mol. The molecule has 0 spiro atoms. The number of benzene rings is 1. The van der Waals surface area contributed by atoms with Crippen LogP contribution in [0.5, 0.6) is 0 Å². The highest BCUT2D eigenvalue weighted by molar-refractivity contribution is 6.06. The van der Waals surface area contributed by atoms with Crippen molar-refractivity contribution in [2.24, 2.45) is 0 Å². The first-order valence-electron chi connectivity index (χ1n) is 5.68. The Morgan fingerprint density at radius 3 is 2.67 bits per heavy atom. The van der Waals surface area contributed by atoms with Gasteiger partial charge in [-0.05, 0) is 38.5 Å². The van der Waals surface area contributed by atoms with Crippen molar-refractivity contribution in [3.63, 3.8) is 0 Å². The van der Waals surface area contributed by atoms with Gasteiger partial charge >= 0.3 is 0 Å². The summed E-state index contributed by atoms with van der Waals surface area (Å²) in [6, 6.07) is 5.30. The van der Waals surface area contributed by atoms with Gasteiger partial charge in [-0.3, -0.25) is 9.89 Å². The summed E-state index contributed by atoms with van der Waals surface area (Å²) in [5, 5.41) is 9.72. The number of hydrogen-bond acceptors (Lipinski definition) is 3. The molecule has 0 aliphatic rings. The zero-order valence-electron chi connectivity index (χ0n) is 10.7. The Morgan fingerprint density at radius 1 is 1.33 bits per heavy atom. The molecule has 0 bridgehead atoms. The van der Waals surface area contributed by atoms with Crippen molar-refractivity contribution in [3.8, 4) is 0 Å². The molecule has 0 unspecified atom stereocenters. The molecule has 18 heavy (non-hydrogen) atoms. The third-order valence-electron chi connectivity index (χ3n) is 2.99. The Kier molecular flexibility index (Phi) is 3.06. The molecular weight excluding hydrogens is 228 g/mol. The molecule has 2 aromatic rings. The summed E-state index contributed by atoms with van der Waals surface area (Å²) in [7, 11) is 0. The Bertz CT molecular complexity index is 582. The number of amides is 1. The molecule has 5 heteroatoms. The molecular formula is C13H16N4O. The Labute approximate surface area is 105 Å². The lowest BCUT2D eigenvalue weighted by atomic mass is 10.1. The number of aryl methyl sites for hydroxylation is 2. The van der Waals surface area contributed by atoms with E-state index in [0.29, 0.717) is 11.3 Å². The lowest BCUT2D eigenvalue weighted by Gasteiger charge is -2.09. The van der Waals surface area contributed by atoms with Gasteiger partial charge in [0.25, 0.3) is 5.91 Å². The van der Waals surface area contributed by atoms with Gasteiger partial charge in [0.15, 0.2) is 0 Å². The lowest BCUT2D eigenvalue weighted by molar-refractivity contribution is 0.102. The summed E-state index contributed by atoms with van der Waals surface area (Å²) in [6.45, 7) is 5.53. The van der Waals surface area contributed by atoms with E-state index in [9.17, 15) is 4.79 Å². The second kappa shape index (κ2) is 4.52. The van der Waals surface area contributed by atoms with E-state index in [4.69, 9.17) is 5.73 Å². The highest BCUT2D eigenvalue weighted by Gasteiger charge is 2.14. The Morgan fingerprint density at radius 2 is 2.06 bits per heavy atom. The first-order valence-corrected chi connectivity index (χ1v) is 5.68. The molecule has 0 fully saturated rings. The number of hydrogen-bond donors (Lipinski definition) is 3. The molecule has 94 valence electrons. The van der Waals surface area contributed by atoms with Gasteiger partial charge in [0, 0.05) is 11.3 Å². The van der Waals surface area contributed by atoms with E-state index in [2.05, 4.69) is 15.5 Å². The van der Waals surface area contributed by atoms with Crippen LogP contribution in [0.2, 0.25) is 0 Å². The predicted octanol–water partition coefficient (Wildman–Crippen LogP) is 2.17. The molecule has 0 saturated carbocycles. The van der Waals surface area contributed by atoms with Gasteiger partial charge < -0.3 is 11.1 Å². The number of anilines is 2. The third kappa shape index (κ3) is 2.07. The Balaban J connectivity index is 2.31. The largest absolute Gasteiger partial charge is 0.398 e. The number of carbonyl (C=O) groups excluding carboxylic acids is 1. The zero-order chi connectivity index (χ0) is 13.3. The van der Waals surface area contributed by atoms with E-state index in [-0.39, 0.29) is 5.91 Å². The number of aromatic amines is 1. The number of nitrogens with zero attached hydrogens (tertiary/aromatic N) is 1. The van der Waals surface area contributed by atoms with Gasteiger partial charge in [-0.1, -0.05) is 6.07 Å². The fourth-order valence-corrected chi connectivity index (χ4v) is 1.82. The maximum Gasteiger partial charge on any atom is 0.256 e. The number of nitrogens with two attached hydrogens (primary N) is 1. The molecule has 2 rings (SSSR count). The van der Waals surface area contributed by atoms with Gasteiger partial charge in [-0.25, -0.2) is 0 Å². The van der Waals surface area contributed by atoms with Crippen molar-refractivity contribution < 1.29 is 4.79 Å². The van der Waals surface area contributed by atoms with Crippen LogP contribution in [0.15, 0.2) is 18.2 Å². The molecule has 0 saturated heterocycles. The van der Waals surface area contributed by atoms with Crippen LogP contribution in [0, 0.1) is 20.8 Å². The number of nitrogen functional groups attached to an aromatic ring is 1. The standard InChI is InChI=1S/C13H16N4O/c1-7-10(5-4-6-11(7)14)13(18)15-12-8(2)16-17-9(12)3/h4-6H,14H2,1-3H3,(H,15,18)(H,16,17). The maximum atomic E-state index is 12.2. The smallest absolute Gasteiger partial charge is 0.256 e. The van der Waals surface area contributed by atoms with Gasteiger partial charge in [0.2, 0.25) is 0 Å². The van der Waals surface area contributed by atoms with Crippen LogP contribution in [0.1, 0.15) is 27.3 Å². The van der Waals surface area contributed by atoms with Crippen LogP contribution in [-0.4, -0.2) is 16.1 Å². The fourth-order valence-electron chi connectivity index (χ4n) is 1.82. The number of rotatable bonds is 2. The van der Waals surface area contributed by atoms with Gasteiger partial charge in [0.1, 0.15) is 0 Å². The number of H-pyrrole nitrogens is 1. The molecule has 4 N–H and O–H groups in total. The first-order chi connectivity index (χ1) is 8.50. The summed E-state index contributed by atoms with van der Waals surface area (Å²) >= 11 is 0. The van der Waals surface area contributed by atoms with Crippen molar-refractivity contribution in [2.75, 3.05) is 11.1 Å². The van der Waals surface area contributed by atoms with E-state index in [1.165, 1.54) is 0 Å². The number of nitrogens with one attached hydrogen (secondary N) is 2. The minimum Gasteiger partial charge on any atom is -0.398 e. The summed E-state index contributed by atoms with van der Waals surface area (Å²) in [4.78, 5) is 12.2. The van der Waals surface area contributed by atoms with Gasteiger partial charge in [0.05, 0.1) is 17.1 Å². The molecule has 0 aliphatic heterocycles. The minimum atomic E-state index is -0.174. The minimum absolute atomic E-state index is 0.174. The Hall–Kier alpha value is -2.30. The van der Waals surface area contributed by atoms with Gasteiger partial charge in [-0.15, -0.1) is 0 Å². The second-order valence-electron chi connectivity index (χ2n) is 4.28. The quantitative estimate of drug-likeness (QED) is 0.708. The molecule has 5 nitrogen and oxygen atoms in total. The topological polar surface area (TPSA) is 83.8 Å². The van der Waals surface area contributed by atoms with E-state index < -0.39 is 0 Å². The van der Waals surface area contributed by atoms with Gasteiger partial charge in [-0.2, -0.15) is 5.10 Å². The maximum absolute atomic E-state index is 12.2. The second-order valence-corrected chi connectivity index (χ2v) is 4.28. The molecule has 1 amide bonds. The van der Waals surface area contributed by atoms with Crippen LogP contribution in [0.25, 0.3) is 0 Å². The van der Waals surface area contributed by atoms with E-state index in [0.717, 1.165) is 22.6 Å². The highest BCUT2D eigenvalue weighted by atomic mass is 16.1. The van der Waals surface area contributed by atoms with Crippen molar-refractivity contribution in [1.29, 1.82) is 0 Å². The summed E-state index contributed by atoms with van der Waals surface area (Å²) < 4.78 is 0.